The molecule has 11 N–H and O–H groups in total. The van der Waals surface area contributed by atoms with Gasteiger partial charge < -0.3 is 64.9 Å². The molecule has 7 atom stereocenters. The Hall–Kier alpha value is -2.23. The highest BCUT2D eigenvalue weighted by atomic mass is 32.2. The van der Waals surface area contributed by atoms with E-state index in [1.807, 2.05) is 0 Å². The van der Waals surface area contributed by atoms with Crippen LogP contribution in [0.2, 0.25) is 0 Å². The molecule has 1 fully saturated rings. The number of aliphatic hydroxyl groups excluding tert-OH is 3. The van der Waals surface area contributed by atoms with Gasteiger partial charge in [-0.2, -0.15) is 4.31 Å². The quantitative estimate of drug-likeness (QED) is 0.0295. The summed E-state index contributed by atoms with van der Waals surface area (Å²) in [6, 6.07) is 0. The van der Waals surface area contributed by atoms with Crippen LogP contribution in [0.15, 0.2) is 12.7 Å². The van der Waals surface area contributed by atoms with E-state index in [-0.39, 0.29) is 49.7 Å². The molecule has 3 rings (SSSR count). The first-order chi connectivity index (χ1) is 25.7. The Kier molecular flexibility index (Phi) is 18.0. The second kappa shape index (κ2) is 21.0. The van der Waals surface area contributed by atoms with Crippen molar-refractivity contribution >= 4 is 64.3 Å². The molecule has 2 aromatic rings. The van der Waals surface area contributed by atoms with Crippen LogP contribution in [0.25, 0.3) is 11.2 Å². The number of nitrogen functional groups attached to an aromatic ring is 1. The van der Waals surface area contributed by atoms with E-state index in [0.29, 0.717) is 19.0 Å². The van der Waals surface area contributed by atoms with Crippen molar-refractivity contribution in [2.45, 2.75) is 50.9 Å². The highest BCUT2D eigenvalue weighted by molar-refractivity contribution is 7.94. The zero-order chi connectivity index (χ0) is 41.0. The molecule has 3 unspecified atom stereocenters. The number of ether oxygens (including phenoxy) is 2. The number of nitrogens with two attached hydrogens (primary N) is 1. The van der Waals surface area contributed by atoms with E-state index in [4.69, 9.17) is 33.5 Å². The summed E-state index contributed by atoms with van der Waals surface area (Å²) >= 11 is 1.10. The van der Waals surface area contributed by atoms with Gasteiger partial charge in [-0.3, -0.25) is 27.7 Å². The number of imidazole rings is 1. The van der Waals surface area contributed by atoms with Gasteiger partial charge in [0.1, 0.15) is 36.3 Å². The molecule has 30 heteroatoms. The van der Waals surface area contributed by atoms with Crippen molar-refractivity contribution in [1.29, 1.82) is 0 Å². The summed E-state index contributed by atoms with van der Waals surface area (Å²) in [5.74, 6) is -0.999. The average molecular weight is 872 g/mol. The van der Waals surface area contributed by atoms with Crippen LogP contribution in [0.5, 0.6) is 0 Å². The summed E-state index contributed by atoms with van der Waals surface area (Å²) in [6.07, 6.45) is -6.88. The minimum absolute atomic E-state index is 0.0305. The van der Waals surface area contributed by atoms with Crippen LogP contribution in [-0.2, 0) is 54.8 Å². The number of amides is 2. The number of phosphoric ester groups is 3. The molecule has 0 saturated carbocycles. The van der Waals surface area contributed by atoms with Crippen LogP contribution in [0.1, 0.15) is 26.5 Å². The number of nitrogens with zero attached hydrogens (tertiary/aromatic N) is 4. The van der Waals surface area contributed by atoms with Crippen molar-refractivity contribution in [2.24, 2.45) is 5.41 Å². The van der Waals surface area contributed by atoms with Gasteiger partial charge in [0.25, 0.3) is 0 Å². The zero-order valence-corrected chi connectivity index (χ0v) is 32.8. The number of nitrogens with one attached hydrogen (secondary N) is 2. The van der Waals surface area contributed by atoms with E-state index in [2.05, 4.69) is 34.4 Å². The van der Waals surface area contributed by atoms with Crippen LogP contribution in [-0.4, -0.2) is 149 Å². The lowest BCUT2D eigenvalue weighted by Crippen LogP contribution is -2.46. The molecule has 26 nitrogen and oxygen atoms in total. The van der Waals surface area contributed by atoms with Gasteiger partial charge in [0, 0.05) is 30.7 Å². The van der Waals surface area contributed by atoms with Crippen molar-refractivity contribution < 1.29 is 89.7 Å². The second-order valence-corrected chi connectivity index (χ2v) is 17.2. The van der Waals surface area contributed by atoms with Gasteiger partial charge >= 0.3 is 23.5 Å². The number of carbonyl (C=O) groups is 2. The molecule has 2 aromatic heterocycles. The normalized spacial score (nSPS) is 21.9. The average Bonchev–Trinajstić information content (AvgIpc) is 3.65. The lowest BCUT2D eigenvalue weighted by molar-refractivity contribution is -0.137. The summed E-state index contributed by atoms with van der Waals surface area (Å²) in [4.78, 5) is 75.4. The Morgan fingerprint density at radius 1 is 1.05 bits per heavy atom. The van der Waals surface area contributed by atoms with Gasteiger partial charge in [-0.25, -0.2) is 28.6 Å². The van der Waals surface area contributed by atoms with Crippen molar-refractivity contribution in [1.82, 2.24) is 30.2 Å². The molecule has 1 aliphatic rings. The Labute approximate surface area is 317 Å². The minimum atomic E-state index is -5.56. The topological polar surface area (TPSA) is 385 Å². The van der Waals surface area contributed by atoms with Gasteiger partial charge in [-0.15, -0.1) is 0 Å². The molecule has 3 heterocycles. The molecule has 0 aliphatic carbocycles. The Morgan fingerprint density at radius 2 is 1.76 bits per heavy atom. The van der Waals surface area contributed by atoms with Crippen molar-refractivity contribution in [3.8, 4) is 0 Å². The minimum Gasteiger partial charge on any atom is -0.394 e. The highest BCUT2D eigenvalue weighted by Gasteiger charge is 2.50. The maximum absolute atomic E-state index is 12.7. The SMILES string of the molecule is CC(C)(COP(=O)(O)OP(=O)(O)OC[C@H]1O[C@@H](n2cnc3c(N)ncnc32)[C@H](O)[C@@H]1OP(=O)(O)O)C(O)C(=O)NCCC(=O)NCCSOCCOCCO. The number of phosphoric acid groups is 3. The van der Waals surface area contributed by atoms with Crippen molar-refractivity contribution in [3.05, 3.63) is 12.7 Å². The van der Waals surface area contributed by atoms with Gasteiger partial charge in [-0.1, -0.05) is 13.8 Å². The van der Waals surface area contributed by atoms with Crippen molar-refractivity contribution in [3.63, 3.8) is 0 Å². The number of hydrogen-bond acceptors (Lipinski definition) is 20. The Morgan fingerprint density at radius 3 is 2.45 bits per heavy atom. The predicted octanol–water partition coefficient (Wildman–Crippen LogP) is -1.92. The molecule has 0 bridgehead atoms. The number of rotatable bonds is 25. The van der Waals surface area contributed by atoms with Crippen molar-refractivity contribution in [2.75, 3.05) is 64.2 Å². The molecular formula is C25H44N7O19P3S. The first kappa shape index (κ1) is 47.1. The predicted molar refractivity (Wildman–Crippen MR) is 186 cm³/mol. The lowest BCUT2D eigenvalue weighted by Gasteiger charge is -2.30. The van der Waals surface area contributed by atoms with E-state index < -0.39 is 84.6 Å². The number of carbonyl (C=O) groups excluding carboxylic acids is 2. The number of aliphatic hydroxyl groups is 3. The van der Waals surface area contributed by atoms with E-state index >= 15 is 0 Å². The third kappa shape index (κ3) is 15.2. The summed E-state index contributed by atoms with van der Waals surface area (Å²) in [7, 11) is -16.4. The largest absolute Gasteiger partial charge is 0.481 e. The first-order valence-electron chi connectivity index (χ1n) is 16.0. The molecular weight excluding hydrogens is 827 g/mol. The molecule has 0 spiro atoms. The summed E-state index contributed by atoms with van der Waals surface area (Å²) in [5.41, 5.74) is 4.26. The second-order valence-electron chi connectivity index (χ2n) is 12.0. The molecule has 1 saturated heterocycles. The maximum Gasteiger partial charge on any atom is 0.481 e. The monoisotopic (exact) mass is 871 g/mol. The highest BCUT2D eigenvalue weighted by Crippen LogP contribution is 2.61. The molecule has 1 aliphatic heterocycles. The van der Waals surface area contributed by atoms with E-state index in [1.165, 1.54) is 13.8 Å². The van der Waals surface area contributed by atoms with E-state index in [0.717, 1.165) is 29.3 Å². The Balaban J connectivity index is 1.47. The zero-order valence-electron chi connectivity index (χ0n) is 29.3. The van der Waals surface area contributed by atoms with Gasteiger partial charge in [-0.05, 0) is 12.0 Å². The molecule has 0 aromatic carbocycles. The number of aromatic nitrogens is 4. The van der Waals surface area contributed by atoms with Crippen LogP contribution in [0.4, 0.5) is 5.82 Å². The fraction of sp³-hybridized carbons (Fsp3) is 0.720. The fourth-order valence-corrected chi connectivity index (χ4v) is 7.87. The third-order valence-corrected chi connectivity index (χ3v) is 11.0. The molecule has 2 amide bonds. The van der Waals surface area contributed by atoms with Gasteiger partial charge in [0.15, 0.2) is 17.7 Å². The molecule has 55 heavy (non-hydrogen) atoms. The van der Waals surface area contributed by atoms with Crippen LogP contribution in [0.3, 0.4) is 0 Å². The van der Waals surface area contributed by atoms with Crippen LogP contribution < -0.4 is 16.4 Å². The summed E-state index contributed by atoms with van der Waals surface area (Å²) < 4.78 is 72.3. The van der Waals surface area contributed by atoms with Crippen LogP contribution >= 0.6 is 35.5 Å². The van der Waals surface area contributed by atoms with E-state index in [9.17, 15) is 53.1 Å². The molecule has 0 radical (unpaired) electrons. The lowest BCUT2D eigenvalue weighted by atomic mass is 9.87. The Bertz CT molecular complexity index is 1720. The van der Waals surface area contributed by atoms with Gasteiger partial charge in [0.05, 0.1) is 46.0 Å². The first-order valence-corrected chi connectivity index (χ1v) is 21.4. The number of anilines is 1. The maximum atomic E-state index is 12.7. The number of fused-ring (bicyclic) bond motifs is 1. The standard InChI is InChI=1S/C25H44N7O19P3S/c1-25(2,20(36)23(37)28-4-3-16(34)27-5-10-55-48-9-8-45-7-6-33)12-47-54(43,44)51-53(41,42)46-11-15-19(50-52(38,39)40)18(35)24(49-15)32-14-31-17-21(26)29-13-30-22(17)32/h13-15,18-20,24,33,35-36H,3-12H2,1-2H3,(H,27,34)(H,28,37)(H,41,42)(H,43,44)(H2,26,29,30)(H2,38,39,40)/t15-,18-,19-,20?,24-/m1/s1. The molecule has 314 valence electrons. The summed E-state index contributed by atoms with van der Waals surface area (Å²) in [5, 5.41) is 35.0. The smallest absolute Gasteiger partial charge is 0.394 e. The van der Waals surface area contributed by atoms with E-state index in [1.54, 1.807) is 0 Å². The third-order valence-electron chi connectivity index (χ3n) is 7.22. The fourth-order valence-electron chi connectivity index (χ4n) is 4.55. The summed E-state index contributed by atoms with van der Waals surface area (Å²) in [6.45, 7) is 1.28. The van der Waals surface area contributed by atoms with Gasteiger partial charge in [0.2, 0.25) is 11.8 Å². The van der Waals surface area contributed by atoms with Crippen LogP contribution in [0, 0.1) is 5.41 Å². The number of hydrogen-bond donors (Lipinski definition) is 10.